The summed E-state index contributed by atoms with van der Waals surface area (Å²) in [6, 6.07) is 10.9. The Labute approximate surface area is 131 Å². The molecule has 0 saturated carbocycles. The average molecular weight is 319 g/mol. The fraction of sp³-hybridized carbons (Fsp3) is 0.267. The third-order valence-corrected chi connectivity index (χ3v) is 3.18. The molecule has 0 bridgehead atoms. The molecular formula is C15H15F2N5O. The summed E-state index contributed by atoms with van der Waals surface area (Å²) in [5.74, 6) is -0.0486. The molecule has 2 heterocycles. The summed E-state index contributed by atoms with van der Waals surface area (Å²) in [5, 5.41) is 14.3. The van der Waals surface area contributed by atoms with E-state index in [4.69, 9.17) is 4.74 Å². The summed E-state index contributed by atoms with van der Waals surface area (Å²) < 4.78 is 32.0. The highest BCUT2D eigenvalue weighted by Gasteiger charge is 2.16. The number of nitrogens with one attached hydrogen (secondary N) is 1. The van der Waals surface area contributed by atoms with Gasteiger partial charge in [-0.3, -0.25) is 0 Å². The van der Waals surface area contributed by atoms with E-state index in [0.717, 1.165) is 15.8 Å². The molecule has 23 heavy (non-hydrogen) atoms. The minimum absolute atomic E-state index is 0.276. The monoisotopic (exact) mass is 319 g/mol. The van der Waals surface area contributed by atoms with Gasteiger partial charge in [-0.2, -0.15) is 4.52 Å². The maximum Gasteiger partial charge on any atom is 0.299 e. The molecule has 3 aromatic rings. The van der Waals surface area contributed by atoms with E-state index in [9.17, 15) is 8.78 Å². The van der Waals surface area contributed by atoms with Gasteiger partial charge in [0.15, 0.2) is 11.5 Å². The second-order valence-corrected chi connectivity index (χ2v) is 4.81. The van der Waals surface area contributed by atoms with Gasteiger partial charge in [-0.15, -0.1) is 15.3 Å². The largest absolute Gasteiger partial charge is 0.377 e. The van der Waals surface area contributed by atoms with Crippen LogP contribution in [0.4, 0.5) is 20.3 Å². The zero-order valence-corrected chi connectivity index (χ0v) is 12.4. The quantitative estimate of drug-likeness (QED) is 0.755. The van der Waals surface area contributed by atoms with E-state index in [1.807, 2.05) is 31.2 Å². The lowest BCUT2D eigenvalue weighted by atomic mass is 10.2. The molecule has 2 aromatic heterocycles. The molecule has 0 aliphatic rings. The van der Waals surface area contributed by atoms with Gasteiger partial charge in [0.25, 0.3) is 6.43 Å². The minimum atomic E-state index is -2.73. The number of aromatic nitrogens is 4. The predicted molar refractivity (Wildman–Crippen MR) is 80.8 cm³/mol. The number of hydrogen-bond acceptors (Lipinski definition) is 5. The van der Waals surface area contributed by atoms with Crippen molar-refractivity contribution in [2.45, 2.75) is 20.0 Å². The molecule has 3 rings (SSSR count). The average Bonchev–Trinajstić information content (AvgIpc) is 2.97. The molecule has 6 nitrogen and oxygen atoms in total. The number of fused-ring (bicyclic) bond motifs is 1. The topological polar surface area (TPSA) is 64.3 Å². The smallest absolute Gasteiger partial charge is 0.299 e. The van der Waals surface area contributed by atoms with Crippen LogP contribution in [0.1, 0.15) is 24.7 Å². The summed E-state index contributed by atoms with van der Waals surface area (Å²) in [4.78, 5) is 0. The van der Waals surface area contributed by atoms with Gasteiger partial charge in [0, 0.05) is 12.3 Å². The highest BCUT2D eigenvalue weighted by molar-refractivity contribution is 5.57. The van der Waals surface area contributed by atoms with E-state index in [0.29, 0.717) is 19.0 Å². The van der Waals surface area contributed by atoms with Gasteiger partial charge >= 0.3 is 0 Å². The van der Waals surface area contributed by atoms with Gasteiger partial charge in [-0.05, 0) is 36.8 Å². The zero-order chi connectivity index (χ0) is 16.2. The van der Waals surface area contributed by atoms with Gasteiger partial charge in [-0.25, -0.2) is 8.78 Å². The van der Waals surface area contributed by atoms with Gasteiger partial charge in [-0.1, -0.05) is 12.1 Å². The Morgan fingerprint density at radius 2 is 1.91 bits per heavy atom. The van der Waals surface area contributed by atoms with E-state index in [1.54, 1.807) is 12.1 Å². The number of alkyl halides is 2. The number of hydrogen-bond donors (Lipinski definition) is 1. The zero-order valence-electron chi connectivity index (χ0n) is 12.4. The van der Waals surface area contributed by atoms with E-state index in [1.165, 1.54) is 0 Å². The fourth-order valence-electron chi connectivity index (χ4n) is 2.06. The summed E-state index contributed by atoms with van der Waals surface area (Å²) in [6.45, 7) is 3.16. The van der Waals surface area contributed by atoms with Crippen molar-refractivity contribution in [1.82, 2.24) is 19.8 Å². The second kappa shape index (κ2) is 6.66. The second-order valence-electron chi connectivity index (χ2n) is 4.81. The first-order valence-electron chi connectivity index (χ1n) is 7.11. The van der Waals surface area contributed by atoms with E-state index in [-0.39, 0.29) is 5.65 Å². The Hall–Kier alpha value is -2.61. The number of halogens is 2. The number of nitrogens with zero attached hydrogens (tertiary/aromatic N) is 4. The predicted octanol–water partition coefficient (Wildman–Crippen LogP) is 3.34. The third-order valence-electron chi connectivity index (χ3n) is 3.18. The van der Waals surface area contributed by atoms with Crippen LogP contribution in [0.2, 0.25) is 0 Å². The lowest BCUT2D eigenvalue weighted by Crippen LogP contribution is -2.03. The first-order valence-corrected chi connectivity index (χ1v) is 7.11. The summed E-state index contributed by atoms with van der Waals surface area (Å²) in [5.41, 5.74) is 2.13. The van der Waals surface area contributed by atoms with Crippen LogP contribution in [-0.2, 0) is 11.3 Å². The van der Waals surface area contributed by atoms with Gasteiger partial charge < -0.3 is 10.1 Å². The van der Waals surface area contributed by atoms with Crippen molar-refractivity contribution in [3.05, 3.63) is 47.8 Å². The molecule has 1 aromatic carbocycles. The molecule has 0 aliphatic heterocycles. The van der Waals surface area contributed by atoms with E-state index < -0.39 is 12.2 Å². The van der Waals surface area contributed by atoms with Crippen molar-refractivity contribution in [3.8, 4) is 0 Å². The van der Waals surface area contributed by atoms with Crippen LogP contribution < -0.4 is 5.32 Å². The maximum absolute atomic E-state index is 12.8. The third kappa shape index (κ3) is 3.42. The Kier molecular flexibility index (Phi) is 4.42. The molecule has 0 saturated heterocycles. The van der Waals surface area contributed by atoms with E-state index in [2.05, 4.69) is 20.6 Å². The van der Waals surface area contributed by atoms with Crippen molar-refractivity contribution < 1.29 is 13.5 Å². The number of anilines is 2. The first-order chi connectivity index (χ1) is 11.2. The standard InChI is InChI=1S/C15H15F2N5O/c1-2-23-9-10-3-5-11(6-4-10)18-12-7-8-13-19-20-15(14(16)17)22(13)21-12/h3-8,14H,2,9H2,1H3,(H,18,21). The normalized spacial score (nSPS) is 11.3. The lowest BCUT2D eigenvalue weighted by Gasteiger charge is -2.07. The molecule has 0 aliphatic carbocycles. The molecule has 0 atom stereocenters. The highest BCUT2D eigenvalue weighted by Crippen LogP contribution is 2.19. The molecule has 120 valence electrons. The van der Waals surface area contributed by atoms with Crippen LogP contribution in [0.25, 0.3) is 5.65 Å². The number of benzene rings is 1. The van der Waals surface area contributed by atoms with Crippen LogP contribution >= 0.6 is 0 Å². The summed E-state index contributed by atoms with van der Waals surface area (Å²) in [7, 11) is 0. The van der Waals surface area contributed by atoms with Crippen molar-refractivity contribution in [3.63, 3.8) is 0 Å². The number of rotatable bonds is 6. The fourth-order valence-corrected chi connectivity index (χ4v) is 2.06. The van der Waals surface area contributed by atoms with Crippen molar-refractivity contribution >= 4 is 17.2 Å². The molecule has 8 heteroatoms. The van der Waals surface area contributed by atoms with Crippen molar-refractivity contribution in [2.75, 3.05) is 11.9 Å². The molecule has 0 fully saturated rings. The molecule has 0 spiro atoms. The molecule has 0 amide bonds. The Morgan fingerprint density at radius 3 is 2.61 bits per heavy atom. The van der Waals surface area contributed by atoms with Gasteiger partial charge in [0.2, 0.25) is 5.82 Å². The number of ether oxygens (including phenoxy) is 1. The van der Waals surface area contributed by atoms with Crippen LogP contribution in [0.15, 0.2) is 36.4 Å². The Bertz CT molecular complexity index is 788. The van der Waals surface area contributed by atoms with Crippen LogP contribution in [-0.4, -0.2) is 26.4 Å². The highest BCUT2D eigenvalue weighted by atomic mass is 19.3. The SMILES string of the molecule is CCOCc1ccc(Nc2ccc3nnc(C(F)F)n3n2)cc1. The van der Waals surface area contributed by atoms with Crippen molar-refractivity contribution in [1.29, 1.82) is 0 Å². The minimum Gasteiger partial charge on any atom is -0.377 e. The van der Waals surface area contributed by atoms with Gasteiger partial charge in [0.05, 0.1) is 6.61 Å². The summed E-state index contributed by atoms with van der Waals surface area (Å²) >= 11 is 0. The lowest BCUT2D eigenvalue weighted by molar-refractivity contribution is 0.134. The van der Waals surface area contributed by atoms with Crippen LogP contribution in [0, 0.1) is 0 Å². The Balaban J connectivity index is 1.79. The molecular weight excluding hydrogens is 304 g/mol. The summed E-state index contributed by atoms with van der Waals surface area (Å²) in [6.07, 6.45) is -2.73. The molecule has 1 N–H and O–H groups in total. The maximum atomic E-state index is 12.8. The van der Waals surface area contributed by atoms with Crippen LogP contribution in [0.5, 0.6) is 0 Å². The molecule has 0 unspecified atom stereocenters. The van der Waals surface area contributed by atoms with Gasteiger partial charge in [0.1, 0.15) is 0 Å². The van der Waals surface area contributed by atoms with Crippen molar-refractivity contribution in [2.24, 2.45) is 0 Å². The first kappa shape index (κ1) is 15.3. The van der Waals surface area contributed by atoms with Crippen LogP contribution in [0.3, 0.4) is 0 Å². The molecule has 0 radical (unpaired) electrons. The Morgan fingerprint density at radius 1 is 1.13 bits per heavy atom. The van der Waals surface area contributed by atoms with E-state index >= 15 is 0 Å².